The summed E-state index contributed by atoms with van der Waals surface area (Å²) in [6.07, 6.45) is 0. The lowest BCUT2D eigenvalue weighted by molar-refractivity contribution is 0.0926. The van der Waals surface area contributed by atoms with Gasteiger partial charge in [0.15, 0.2) is 5.75 Å². The first-order valence-electron chi connectivity index (χ1n) is 7.45. The average Bonchev–Trinajstić information content (AvgIpc) is 2.59. The molecule has 0 unspecified atom stereocenters. The van der Waals surface area contributed by atoms with Crippen molar-refractivity contribution in [1.82, 2.24) is 10.6 Å². The molecule has 9 heteroatoms. The largest absolute Gasteiger partial charge is 0.508 e. The minimum atomic E-state index is -0.510. The zero-order chi connectivity index (χ0) is 19.3. The summed E-state index contributed by atoms with van der Waals surface area (Å²) in [7, 11) is 1.37. The van der Waals surface area contributed by atoms with Crippen LogP contribution in [-0.2, 0) is 0 Å². The fraction of sp³-hybridized carbons (Fsp3) is 0.176. The Kier molecular flexibility index (Phi) is 6.54. The van der Waals surface area contributed by atoms with Gasteiger partial charge in [-0.05, 0) is 24.3 Å². The molecule has 2 rings (SSSR count). The van der Waals surface area contributed by atoms with Gasteiger partial charge in [0.05, 0.1) is 17.2 Å². The topological polar surface area (TPSA) is 108 Å². The minimum absolute atomic E-state index is 0.0911. The second-order valence-corrected chi connectivity index (χ2v) is 6.00. The first-order valence-corrected chi connectivity index (χ1v) is 8.20. The van der Waals surface area contributed by atoms with Crippen LogP contribution >= 0.6 is 23.2 Å². The predicted octanol–water partition coefficient (Wildman–Crippen LogP) is 2.57. The van der Waals surface area contributed by atoms with Gasteiger partial charge in [0.1, 0.15) is 17.1 Å². The number of ether oxygens (including phenoxy) is 1. The van der Waals surface area contributed by atoms with Crippen molar-refractivity contribution >= 4 is 35.0 Å². The van der Waals surface area contributed by atoms with E-state index in [0.717, 1.165) is 6.07 Å². The zero-order valence-electron chi connectivity index (χ0n) is 13.7. The van der Waals surface area contributed by atoms with Crippen LogP contribution in [0.5, 0.6) is 17.2 Å². The van der Waals surface area contributed by atoms with Crippen LogP contribution in [0.4, 0.5) is 0 Å². The lowest BCUT2D eigenvalue weighted by Gasteiger charge is -2.12. The highest BCUT2D eigenvalue weighted by molar-refractivity contribution is 6.37. The van der Waals surface area contributed by atoms with Crippen LogP contribution in [0, 0.1) is 0 Å². The summed E-state index contributed by atoms with van der Waals surface area (Å²) in [5, 5.41) is 24.3. The van der Waals surface area contributed by atoms with Crippen molar-refractivity contribution in [2.75, 3.05) is 20.2 Å². The quantitative estimate of drug-likeness (QED) is 0.559. The number of amides is 2. The number of nitrogens with one attached hydrogen (secondary N) is 2. The molecule has 2 amide bonds. The van der Waals surface area contributed by atoms with Crippen LogP contribution < -0.4 is 15.4 Å². The molecule has 0 saturated carbocycles. The molecule has 0 aliphatic heterocycles. The van der Waals surface area contributed by atoms with Gasteiger partial charge < -0.3 is 25.6 Å². The van der Waals surface area contributed by atoms with Crippen LogP contribution in [-0.4, -0.2) is 42.2 Å². The second kappa shape index (κ2) is 8.64. The van der Waals surface area contributed by atoms with E-state index in [0.29, 0.717) is 0 Å². The monoisotopic (exact) mass is 398 g/mol. The summed E-state index contributed by atoms with van der Waals surface area (Å²) in [5.74, 6) is -1.31. The first kappa shape index (κ1) is 19.7. The van der Waals surface area contributed by atoms with Crippen molar-refractivity contribution in [2.45, 2.75) is 0 Å². The fourth-order valence-electron chi connectivity index (χ4n) is 2.21. The number of halogens is 2. The smallest absolute Gasteiger partial charge is 0.256 e. The second-order valence-electron chi connectivity index (χ2n) is 5.19. The Hall–Kier alpha value is -2.64. The number of phenols is 2. The Labute approximate surface area is 159 Å². The number of benzene rings is 2. The Morgan fingerprint density at radius 3 is 2.08 bits per heavy atom. The fourth-order valence-corrected chi connectivity index (χ4v) is 2.68. The molecule has 0 fully saturated rings. The molecule has 0 spiro atoms. The first-order chi connectivity index (χ1) is 12.3. The van der Waals surface area contributed by atoms with E-state index in [1.54, 1.807) is 0 Å². The highest BCUT2D eigenvalue weighted by atomic mass is 35.5. The van der Waals surface area contributed by atoms with E-state index in [9.17, 15) is 19.8 Å². The standard InChI is InChI=1S/C17H16Cl2N2O5/c1-26-15-13(19)3-2-12(18)14(15)17(25)21-5-4-20-16(24)9-6-10(22)8-11(23)7-9/h2-3,6-8,22-23H,4-5H2,1H3,(H,20,24)(H,21,25). The maximum absolute atomic E-state index is 12.3. The van der Waals surface area contributed by atoms with Gasteiger partial charge in [-0.2, -0.15) is 0 Å². The molecular formula is C17H16Cl2N2O5. The summed E-state index contributed by atoms with van der Waals surface area (Å²) >= 11 is 12.0. The molecule has 7 nitrogen and oxygen atoms in total. The number of hydrogen-bond donors (Lipinski definition) is 4. The van der Waals surface area contributed by atoms with Crippen molar-refractivity contribution in [2.24, 2.45) is 0 Å². The normalized spacial score (nSPS) is 10.3. The molecule has 0 aliphatic carbocycles. The molecule has 0 atom stereocenters. The predicted molar refractivity (Wildman–Crippen MR) is 97.5 cm³/mol. The summed E-state index contributed by atoms with van der Waals surface area (Å²) < 4.78 is 5.11. The van der Waals surface area contributed by atoms with Gasteiger partial charge in [-0.1, -0.05) is 23.2 Å². The molecule has 0 bridgehead atoms. The van der Waals surface area contributed by atoms with Gasteiger partial charge in [0.25, 0.3) is 11.8 Å². The highest BCUT2D eigenvalue weighted by Gasteiger charge is 2.19. The van der Waals surface area contributed by atoms with Crippen LogP contribution in [0.25, 0.3) is 0 Å². The van der Waals surface area contributed by atoms with Crippen LogP contribution in [0.1, 0.15) is 20.7 Å². The van der Waals surface area contributed by atoms with Crippen LogP contribution in [0.15, 0.2) is 30.3 Å². The molecule has 4 N–H and O–H groups in total. The summed E-state index contributed by atoms with van der Waals surface area (Å²) in [4.78, 5) is 24.2. The molecule has 0 aromatic heterocycles. The van der Waals surface area contributed by atoms with E-state index in [1.165, 1.54) is 31.4 Å². The summed E-state index contributed by atoms with van der Waals surface area (Å²) in [6.45, 7) is 0.225. The lowest BCUT2D eigenvalue weighted by Crippen LogP contribution is -2.35. The van der Waals surface area contributed by atoms with E-state index in [4.69, 9.17) is 27.9 Å². The highest BCUT2D eigenvalue weighted by Crippen LogP contribution is 2.33. The summed E-state index contributed by atoms with van der Waals surface area (Å²) in [5.41, 5.74) is 0.194. The molecule has 2 aromatic rings. The Morgan fingerprint density at radius 1 is 0.962 bits per heavy atom. The number of hydrogen-bond acceptors (Lipinski definition) is 5. The van der Waals surface area contributed by atoms with E-state index in [2.05, 4.69) is 10.6 Å². The number of rotatable bonds is 6. The van der Waals surface area contributed by atoms with Gasteiger partial charge in [-0.15, -0.1) is 0 Å². The lowest BCUT2D eigenvalue weighted by atomic mass is 10.2. The summed E-state index contributed by atoms with van der Waals surface area (Å²) in [6, 6.07) is 6.54. The minimum Gasteiger partial charge on any atom is -0.508 e. The number of carbonyl (C=O) groups is 2. The van der Waals surface area contributed by atoms with E-state index in [1.807, 2.05) is 0 Å². The molecule has 138 valence electrons. The van der Waals surface area contributed by atoms with Crippen LogP contribution in [0.3, 0.4) is 0 Å². The SMILES string of the molecule is COc1c(Cl)ccc(Cl)c1C(=O)NCCNC(=O)c1cc(O)cc(O)c1. The molecule has 0 radical (unpaired) electrons. The van der Waals surface area contributed by atoms with Gasteiger partial charge in [-0.25, -0.2) is 0 Å². The maximum Gasteiger partial charge on any atom is 0.256 e. The number of methoxy groups -OCH3 is 1. The number of phenolic OH excluding ortho intramolecular Hbond substituents is 2. The van der Waals surface area contributed by atoms with Crippen molar-refractivity contribution in [3.8, 4) is 17.2 Å². The van der Waals surface area contributed by atoms with Gasteiger partial charge in [0.2, 0.25) is 0 Å². The van der Waals surface area contributed by atoms with E-state index in [-0.39, 0.29) is 51.5 Å². The molecule has 0 saturated heterocycles. The Morgan fingerprint density at radius 2 is 1.50 bits per heavy atom. The molecule has 0 heterocycles. The number of aromatic hydroxyl groups is 2. The van der Waals surface area contributed by atoms with Crippen molar-refractivity contribution in [3.63, 3.8) is 0 Å². The molecule has 0 aliphatic rings. The van der Waals surface area contributed by atoms with Gasteiger partial charge >= 0.3 is 0 Å². The average molecular weight is 399 g/mol. The Balaban J connectivity index is 1.93. The Bertz CT molecular complexity index is 822. The third kappa shape index (κ3) is 4.71. The third-order valence-corrected chi connectivity index (χ3v) is 3.96. The molecular weight excluding hydrogens is 383 g/mol. The van der Waals surface area contributed by atoms with Crippen molar-refractivity contribution < 1.29 is 24.5 Å². The maximum atomic E-state index is 12.3. The van der Waals surface area contributed by atoms with Crippen molar-refractivity contribution in [1.29, 1.82) is 0 Å². The zero-order valence-corrected chi connectivity index (χ0v) is 15.2. The van der Waals surface area contributed by atoms with Gasteiger partial charge in [-0.3, -0.25) is 9.59 Å². The number of carbonyl (C=O) groups excluding carboxylic acids is 2. The van der Waals surface area contributed by atoms with Crippen LogP contribution in [0.2, 0.25) is 10.0 Å². The van der Waals surface area contributed by atoms with Crippen molar-refractivity contribution in [3.05, 3.63) is 51.5 Å². The van der Waals surface area contributed by atoms with Gasteiger partial charge in [0, 0.05) is 24.7 Å². The van der Waals surface area contributed by atoms with E-state index >= 15 is 0 Å². The molecule has 26 heavy (non-hydrogen) atoms. The third-order valence-electron chi connectivity index (χ3n) is 3.35. The van der Waals surface area contributed by atoms with E-state index < -0.39 is 11.8 Å². The molecule has 2 aromatic carbocycles.